The molecule has 0 unspecified atom stereocenters. The van der Waals surface area contributed by atoms with Crippen LogP contribution in [0.3, 0.4) is 0 Å². The second kappa shape index (κ2) is 2.87. The number of fused-ring (bicyclic) bond motifs is 2. The molecule has 0 saturated carbocycles. The van der Waals surface area contributed by atoms with Gasteiger partial charge in [-0.2, -0.15) is 0 Å². The zero-order valence-corrected chi connectivity index (χ0v) is 7.56. The first-order valence-electron chi connectivity index (χ1n) is 4.58. The van der Waals surface area contributed by atoms with E-state index in [4.69, 9.17) is 9.47 Å². The average molecular weight is 187 g/mol. The van der Waals surface area contributed by atoms with Crippen LogP contribution in [0.25, 0.3) is 10.9 Å². The predicted octanol–water partition coefficient (Wildman–Crippen LogP) is 2.01. The van der Waals surface area contributed by atoms with Crippen molar-refractivity contribution >= 4 is 10.9 Å². The maximum absolute atomic E-state index is 5.48. The van der Waals surface area contributed by atoms with Crippen molar-refractivity contribution < 1.29 is 9.47 Å². The Balaban J connectivity index is 2.27. The van der Waals surface area contributed by atoms with E-state index < -0.39 is 0 Å². The first-order chi connectivity index (χ1) is 6.93. The number of nitrogens with zero attached hydrogens (tertiary/aromatic N) is 1. The van der Waals surface area contributed by atoms with Crippen LogP contribution in [-0.4, -0.2) is 18.2 Å². The first kappa shape index (κ1) is 7.62. The zero-order valence-electron chi connectivity index (χ0n) is 7.56. The summed E-state index contributed by atoms with van der Waals surface area (Å²) in [7, 11) is 0. The molecule has 0 fully saturated rings. The topological polar surface area (TPSA) is 31.4 Å². The fraction of sp³-hybridized carbons (Fsp3) is 0.182. The van der Waals surface area contributed by atoms with Gasteiger partial charge >= 0.3 is 0 Å². The Bertz CT molecular complexity index is 437. The Morgan fingerprint density at radius 2 is 1.86 bits per heavy atom. The Morgan fingerprint density at radius 1 is 1.07 bits per heavy atom. The van der Waals surface area contributed by atoms with E-state index in [2.05, 4.69) is 4.98 Å². The van der Waals surface area contributed by atoms with Gasteiger partial charge in [-0.25, -0.2) is 0 Å². The van der Waals surface area contributed by atoms with Gasteiger partial charge in [0.2, 0.25) is 0 Å². The molecule has 1 aromatic carbocycles. The fourth-order valence-corrected chi connectivity index (χ4v) is 1.61. The van der Waals surface area contributed by atoms with Gasteiger partial charge in [-0.05, 0) is 12.1 Å². The Morgan fingerprint density at radius 3 is 2.71 bits per heavy atom. The molecule has 2 aromatic rings. The number of rotatable bonds is 0. The lowest BCUT2D eigenvalue weighted by Crippen LogP contribution is -2.15. The summed E-state index contributed by atoms with van der Waals surface area (Å²) in [5.41, 5.74) is 0.941. The van der Waals surface area contributed by atoms with Crippen molar-refractivity contribution in [3.05, 3.63) is 30.5 Å². The number of hydrogen-bond acceptors (Lipinski definition) is 3. The summed E-state index contributed by atoms with van der Waals surface area (Å²) < 4.78 is 10.9. The molecule has 3 heteroatoms. The monoisotopic (exact) mass is 187 g/mol. The first-order valence-corrected chi connectivity index (χ1v) is 4.58. The van der Waals surface area contributed by atoms with Crippen LogP contribution in [0.15, 0.2) is 30.5 Å². The molecule has 0 amide bonds. The normalized spacial score (nSPS) is 14.3. The van der Waals surface area contributed by atoms with Gasteiger partial charge in [0.15, 0.2) is 11.5 Å². The number of benzene rings is 1. The lowest BCUT2D eigenvalue weighted by atomic mass is 10.2. The van der Waals surface area contributed by atoms with E-state index in [0.29, 0.717) is 13.2 Å². The second-order valence-electron chi connectivity index (χ2n) is 3.19. The number of ether oxygens (including phenoxy) is 2. The molecule has 3 nitrogen and oxygen atoms in total. The molecule has 14 heavy (non-hydrogen) atoms. The number of hydrogen-bond donors (Lipinski definition) is 0. The van der Waals surface area contributed by atoms with Gasteiger partial charge in [-0.1, -0.05) is 6.07 Å². The van der Waals surface area contributed by atoms with Gasteiger partial charge in [0, 0.05) is 17.6 Å². The minimum atomic E-state index is 0.616. The summed E-state index contributed by atoms with van der Waals surface area (Å²) in [6, 6.07) is 7.82. The van der Waals surface area contributed by atoms with Crippen LogP contribution in [0.4, 0.5) is 0 Å². The highest BCUT2D eigenvalue weighted by molar-refractivity contribution is 5.82. The molecule has 0 N–H and O–H groups in total. The second-order valence-corrected chi connectivity index (χ2v) is 3.19. The van der Waals surface area contributed by atoms with Gasteiger partial charge in [0.25, 0.3) is 0 Å². The van der Waals surface area contributed by atoms with E-state index in [1.807, 2.05) is 24.3 Å². The Hall–Kier alpha value is -1.77. The SMILES string of the molecule is c1cnc2cc3c(cc2c1)OCCO3. The molecule has 0 radical (unpaired) electrons. The molecule has 1 aromatic heterocycles. The van der Waals surface area contributed by atoms with Crippen LogP contribution in [0.2, 0.25) is 0 Å². The summed E-state index contributed by atoms with van der Waals surface area (Å²) in [6.07, 6.45) is 1.78. The van der Waals surface area contributed by atoms with E-state index >= 15 is 0 Å². The van der Waals surface area contributed by atoms with Crippen LogP contribution in [-0.2, 0) is 0 Å². The van der Waals surface area contributed by atoms with Crippen molar-refractivity contribution in [1.29, 1.82) is 0 Å². The summed E-state index contributed by atoms with van der Waals surface area (Å²) in [5.74, 6) is 1.61. The molecule has 2 heterocycles. The van der Waals surface area contributed by atoms with Gasteiger partial charge < -0.3 is 9.47 Å². The molecule has 3 rings (SSSR count). The molecular weight excluding hydrogens is 178 g/mol. The van der Waals surface area contributed by atoms with E-state index in [-0.39, 0.29) is 0 Å². The van der Waals surface area contributed by atoms with Crippen molar-refractivity contribution in [3.63, 3.8) is 0 Å². The van der Waals surface area contributed by atoms with Gasteiger partial charge in [0.1, 0.15) is 13.2 Å². The third-order valence-corrected chi connectivity index (χ3v) is 2.27. The zero-order chi connectivity index (χ0) is 9.38. The minimum absolute atomic E-state index is 0.616. The molecule has 0 spiro atoms. The smallest absolute Gasteiger partial charge is 0.163 e. The maximum atomic E-state index is 5.48. The van der Waals surface area contributed by atoms with Crippen molar-refractivity contribution in [3.8, 4) is 11.5 Å². The van der Waals surface area contributed by atoms with E-state index in [1.54, 1.807) is 6.20 Å². The summed E-state index contributed by atoms with van der Waals surface area (Å²) >= 11 is 0. The molecule has 0 atom stereocenters. The van der Waals surface area contributed by atoms with E-state index in [0.717, 1.165) is 22.4 Å². The van der Waals surface area contributed by atoms with Crippen LogP contribution in [0.1, 0.15) is 0 Å². The highest BCUT2D eigenvalue weighted by Crippen LogP contribution is 2.33. The molecule has 1 aliphatic rings. The van der Waals surface area contributed by atoms with E-state index in [1.165, 1.54) is 0 Å². The third kappa shape index (κ3) is 1.09. The Labute approximate surface area is 81.3 Å². The van der Waals surface area contributed by atoms with Crippen LogP contribution in [0.5, 0.6) is 11.5 Å². The van der Waals surface area contributed by atoms with Crippen molar-refractivity contribution in [2.75, 3.05) is 13.2 Å². The maximum Gasteiger partial charge on any atom is 0.163 e. The van der Waals surface area contributed by atoms with Crippen molar-refractivity contribution in [2.24, 2.45) is 0 Å². The minimum Gasteiger partial charge on any atom is -0.486 e. The quantitative estimate of drug-likeness (QED) is 0.632. The summed E-state index contributed by atoms with van der Waals surface area (Å²) in [6.45, 7) is 1.24. The number of aromatic nitrogens is 1. The predicted molar refractivity (Wildman–Crippen MR) is 52.7 cm³/mol. The standard InChI is InChI=1S/C11H9NO2/c1-2-8-6-10-11(14-5-4-13-10)7-9(8)12-3-1/h1-3,6-7H,4-5H2. The highest BCUT2D eigenvalue weighted by atomic mass is 16.6. The van der Waals surface area contributed by atoms with Crippen molar-refractivity contribution in [2.45, 2.75) is 0 Å². The van der Waals surface area contributed by atoms with Crippen LogP contribution in [0, 0.1) is 0 Å². The summed E-state index contributed by atoms with van der Waals surface area (Å²) in [4.78, 5) is 4.25. The molecule has 1 aliphatic heterocycles. The number of pyridine rings is 1. The fourth-order valence-electron chi connectivity index (χ4n) is 1.61. The largest absolute Gasteiger partial charge is 0.486 e. The van der Waals surface area contributed by atoms with Gasteiger partial charge in [0.05, 0.1) is 5.52 Å². The van der Waals surface area contributed by atoms with Crippen molar-refractivity contribution in [1.82, 2.24) is 4.98 Å². The lowest BCUT2D eigenvalue weighted by molar-refractivity contribution is 0.172. The highest BCUT2D eigenvalue weighted by Gasteiger charge is 2.12. The van der Waals surface area contributed by atoms with Crippen LogP contribution < -0.4 is 9.47 Å². The van der Waals surface area contributed by atoms with Crippen LogP contribution >= 0.6 is 0 Å². The Kier molecular flexibility index (Phi) is 1.56. The molecule has 0 aliphatic carbocycles. The average Bonchev–Trinajstić information content (AvgIpc) is 2.26. The lowest BCUT2D eigenvalue weighted by Gasteiger charge is -2.18. The molecule has 70 valence electrons. The molecule has 0 bridgehead atoms. The van der Waals surface area contributed by atoms with Gasteiger partial charge in [-0.3, -0.25) is 4.98 Å². The molecular formula is C11H9NO2. The van der Waals surface area contributed by atoms with E-state index in [9.17, 15) is 0 Å². The third-order valence-electron chi connectivity index (χ3n) is 2.27. The van der Waals surface area contributed by atoms with Gasteiger partial charge in [-0.15, -0.1) is 0 Å². The summed E-state index contributed by atoms with van der Waals surface area (Å²) in [5, 5.41) is 1.08. The molecule has 0 saturated heterocycles.